The average molecular weight is 432 g/mol. The summed E-state index contributed by atoms with van der Waals surface area (Å²) in [6.07, 6.45) is 1.76. The van der Waals surface area contributed by atoms with Crippen molar-refractivity contribution in [3.05, 3.63) is 68.7 Å². The summed E-state index contributed by atoms with van der Waals surface area (Å²) in [6, 6.07) is 8.70. The van der Waals surface area contributed by atoms with Crippen LogP contribution in [0.3, 0.4) is 0 Å². The smallest absolute Gasteiger partial charge is 0.258 e. The zero-order valence-corrected chi connectivity index (χ0v) is 18.2. The lowest BCUT2D eigenvalue weighted by Crippen LogP contribution is -2.23. The third-order valence-electron chi connectivity index (χ3n) is 4.45. The molecule has 1 N–H and O–H groups in total. The monoisotopic (exact) mass is 431 g/mol. The van der Waals surface area contributed by atoms with Crippen molar-refractivity contribution in [2.24, 2.45) is 0 Å². The van der Waals surface area contributed by atoms with Gasteiger partial charge < -0.3 is 10.1 Å². The van der Waals surface area contributed by atoms with Gasteiger partial charge in [-0.15, -0.1) is 11.8 Å². The molecule has 1 aromatic carbocycles. The first kappa shape index (κ1) is 21.2. The molecule has 1 unspecified atom stereocenters. The molecule has 0 saturated carbocycles. The number of rotatable bonds is 6. The lowest BCUT2D eigenvalue weighted by Gasteiger charge is -2.15. The highest BCUT2D eigenvalue weighted by Gasteiger charge is 2.17. The third-order valence-corrected chi connectivity index (χ3v) is 6.03. The van der Waals surface area contributed by atoms with Gasteiger partial charge in [0.15, 0.2) is 0 Å². The molecule has 6 nitrogen and oxygen atoms in total. The fourth-order valence-corrected chi connectivity index (χ4v) is 3.72. The Morgan fingerprint density at radius 3 is 2.79 bits per heavy atom. The Morgan fingerprint density at radius 2 is 2.07 bits per heavy atom. The normalized spacial score (nSPS) is 12.0. The number of fused-ring (bicyclic) bond motifs is 1. The van der Waals surface area contributed by atoms with Gasteiger partial charge in [-0.1, -0.05) is 17.7 Å². The van der Waals surface area contributed by atoms with Gasteiger partial charge in [-0.25, -0.2) is 4.98 Å². The second-order valence-corrected chi connectivity index (χ2v) is 8.50. The Balaban J connectivity index is 1.69. The van der Waals surface area contributed by atoms with E-state index in [1.165, 1.54) is 29.3 Å². The van der Waals surface area contributed by atoms with Crippen LogP contribution in [-0.2, 0) is 10.5 Å². The summed E-state index contributed by atoms with van der Waals surface area (Å²) in [7, 11) is 1.53. The molecule has 0 radical (unpaired) electrons. The van der Waals surface area contributed by atoms with Crippen LogP contribution < -0.4 is 15.6 Å². The number of hydrogen-bond acceptors (Lipinski definition) is 5. The molecule has 0 saturated heterocycles. The molecule has 0 fully saturated rings. The second kappa shape index (κ2) is 8.88. The highest BCUT2D eigenvalue weighted by Crippen LogP contribution is 2.31. The summed E-state index contributed by atoms with van der Waals surface area (Å²) in [5, 5.41) is 3.11. The van der Waals surface area contributed by atoms with Crippen molar-refractivity contribution in [2.45, 2.75) is 31.8 Å². The van der Waals surface area contributed by atoms with E-state index in [9.17, 15) is 9.59 Å². The van der Waals surface area contributed by atoms with E-state index >= 15 is 0 Å². The van der Waals surface area contributed by atoms with Gasteiger partial charge in [-0.3, -0.25) is 14.0 Å². The average Bonchev–Trinajstić information content (AvgIpc) is 2.69. The summed E-state index contributed by atoms with van der Waals surface area (Å²) in [5.74, 6) is 0.791. The Kier molecular flexibility index (Phi) is 6.49. The van der Waals surface area contributed by atoms with Gasteiger partial charge in [0, 0.05) is 29.1 Å². The maximum Gasteiger partial charge on any atom is 0.258 e. The molecular weight excluding hydrogens is 410 g/mol. The molecule has 1 atom stereocenters. The van der Waals surface area contributed by atoms with Crippen LogP contribution in [0.1, 0.15) is 23.7 Å². The van der Waals surface area contributed by atoms with Crippen LogP contribution in [0.2, 0.25) is 5.02 Å². The molecule has 0 aliphatic rings. The number of aromatic nitrogens is 2. The molecule has 0 bridgehead atoms. The number of thioether (sulfide) groups is 1. The van der Waals surface area contributed by atoms with Gasteiger partial charge in [0.1, 0.15) is 11.4 Å². The molecule has 0 aliphatic heterocycles. The lowest BCUT2D eigenvalue weighted by atomic mass is 10.2. The summed E-state index contributed by atoms with van der Waals surface area (Å²) < 4.78 is 6.82. The molecule has 3 aromatic rings. The van der Waals surface area contributed by atoms with Crippen molar-refractivity contribution in [3.8, 4) is 5.75 Å². The first-order chi connectivity index (χ1) is 13.8. The number of carbonyl (C=O) groups is 1. The number of benzene rings is 1. The number of ether oxygens (including phenoxy) is 1. The van der Waals surface area contributed by atoms with Gasteiger partial charge in [0.2, 0.25) is 5.91 Å². The zero-order valence-electron chi connectivity index (χ0n) is 16.7. The highest BCUT2D eigenvalue weighted by atomic mass is 35.5. The summed E-state index contributed by atoms with van der Waals surface area (Å²) >= 11 is 7.52. The largest absolute Gasteiger partial charge is 0.495 e. The Bertz CT molecular complexity index is 1130. The van der Waals surface area contributed by atoms with Gasteiger partial charge in [-0.2, -0.15) is 0 Å². The number of methoxy groups -OCH3 is 1. The van der Waals surface area contributed by atoms with E-state index in [4.69, 9.17) is 16.3 Å². The van der Waals surface area contributed by atoms with Crippen molar-refractivity contribution in [1.29, 1.82) is 0 Å². The minimum absolute atomic E-state index is 0.132. The maximum atomic E-state index is 12.6. The van der Waals surface area contributed by atoms with Crippen LogP contribution in [0.25, 0.3) is 5.65 Å². The maximum absolute atomic E-state index is 12.6. The summed E-state index contributed by atoms with van der Waals surface area (Å²) in [5.41, 5.74) is 3.51. The van der Waals surface area contributed by atoms with Crippen molar-refractivity contribution in [2.75, 3.05) is 12.4 Å². The van der Waals surface area contributed by atoms with Crippen LogP contribution in [0, 0.1) is 13.8 Å². The Hall–Kier alpha value is -2.51. The third kappa shape index (κ3) is 4.92. The number of amides is 1. The van der Waals surface area contributed by atoms with E-state index in [1.54, 1.807) is 18.3 Å². The molecular formula is C21H22ClN3O3S. The number of hydrogen-bond donors (Lipinski definition) is 1. The minimum atomic E-state index is -0.353. The Morgan fingerprint density at radius 1 is 1.31 bits per heavy atom. The van der Waals surface area contributed by atoms with Crippen LogP contribution >= 0.6 is 23.4 Å². The van der Waals surface area contributed by atoms with Crippen molar-refractivity contribution < 1.29 is 9.53 Å². The molecule has 3 rings (SSSR count). The second-order valence-electron chi connectivity index (χ2n) is 6.76. The predicted octanol–water partition coefficient (Wildman–Crippen LogP) is 4.23. The molecule has 152 valence electrons. The molecule has 2 heterocycles. The number of anilines is 1. The van der Waals surface area contributed by atoms with Crippen molar-refractivity contribution in [3.63, 3.8) is 0 Å². The van der Waals surface area contributed by atoms with E-state index in [0.717, 1.165) is 11.1 Å². The SMILES string of the molecule is COc1cc(Cl)c(C)cc1NC(=O)C(C)SCc1cc(=O)n2cc(C)ccc2n1. The van der Waals surface area contributed by atoms with Crippen LogP contribution in [-0.4, -0.2) is 27.7 Å². The van der Waals surface area contributed by atoms with Gasteiger partial charge in [0.25, 0.3) is 5.56 Å². The topological polar surface area (TPSA) is 72.7 Å². The van der Waals surface area contributed by atoms with Gasteiger partial charge >= 0.3 is 0 Å². The molecule has 1 amide bonds. The molecule has 0 spiro atoms. The number of nitrogens with zero attached hydrogens (tertiary/aromatic N) is 2. The van der Waals surface area contributed by atoms with Crippen LogP contribution in [0.15, 0.2) is 41.3 Å². The highest BCUT2D eigenvalue weighted by molar-refractivity contribution is 7.99. The van der Waals surface area contributed by atoms with Gasteiger partial charge in [-0.05, 0) is 44.0 Å². The standard InChI is InChI=1S/C21H22ClN3O3S/c1-12-5-6-19-23-15(8-20(26)25(19)10-12)11-29-14(3)21(27)24-17-7-13(2)16(22)9-18(17)28-4/h5-10,14H,11H2,1-4H3,(H,24,27). The van der Waals surface area contributed by atoms with Crippen LogP contribution in [0.4, 0.5) is 5.69 Å². The van der Waals surface area contributed by atoms with Crippen molar-refractivity contribution >= 4 is 40.6 Å². The van der Waals surface area contributed by atoms with E-state index in [0.29, 0.717) is 33.6 Å². The van der Waals surface area contributed by atoms with E-state index in [2.05, 4.69) is 10.3 Å². The number of aryl methyl sites for hydroxylation is 2. The number of carbonyl (C=O) groups excluding carboxylic acids is 1. The van der Waals surface area contributed by atoms with E-state index in [1.807, 2.05) is 32.9 Å². The Labute approximate surface area is 178 Å². The first-order valence-corrected chi connectivity index (χ1v) is 10.5. The number of nitrogens with one attached hydrogen (secondary N) is 1. The molecule has 8 heteroatoms. The predicted molar refractivity (Wildman–Crippen MR) is 118 cm³/mol. The first-order valence-electron chi connectivity index (χ1n) is 9.04. The van der Waals surface area contributed by atoms with E-state index < -0.39 is 0 Å². The summed E-state index contributed by atoms with van der Waals surface area (Å²) in [4.78, 5) is 29.4. The van der Waals surface area contributed by atoms with Crippen molar-refractivity contribution in [1.82, 2.24) is 9.38 Å². The quantitative estimate of drug-likeness (QED) is 0.632. The summed E-state index contributed by atoms with van der Waals surface area (Å²) in [6.45, 7) is 5.60. The molecule has 2 aromatic heterocycles. The van der Waals surface area contributed by atoms with Crippen LogP contribution in [0.5, 0.6) is 5.75 Å². The molecule has 29 heavy (non-hydrogen) atoms. The number of pyridine rings is 1. The fraction of sp³-hybridized carbons (Fsp3) is 0.286. The lowest BCUT2D eigenvalue weighted by molar-refractivity contribution is -0.115. The van der Waals surface area contributed by atoms with E-state index in [-0.39, 0.29) is 16.7 Å². The number of halogens is 1. The minimum Gasteiger partial charge on any atom is -0.495 e. The van der Waals surface area contributed by atoms with Gasteiger partial charge in [0.05, 0.1) is 23.7 Å². The molecule has 0 aliphatic carbocycles. The fourth-order valence-electron chi connectivity index (χ4n) is 2.78. The zero-order chi connectivity index (χ0) is 21.1.